The van der Waals surface area contributed by atoms with Gasteiger partial charge in [-0.05, 0) is 36.2 Å². The number of benzene rings is 1. The van der Waals surface area contributed by atoms with E-state index in [2.05, 4.69) is 9.97 Å². The molecular weight excluding hydrogens is 421 g/mol. The summed E-state index contributed by atoms with van der Waals surface area (Å²) in [6.45, 7) is 0.311. The zero-order chi connectivity index (χ0) is 21.5. The Kier molecular flexibility index (Phi) is 4.99. The van der Waals surface area contributed by atoms with Crippen LogP contribution in [-0.2, 0) is 17.8 Å². The minimum absolute atomic E-state index is 0.0680. The fourth-order valence-corrected chi connectivity index (χ4v) is 4.66. The number of aliphatic hydroxyl groups is 1. The molecule has 3 heterocycles. The van der Waals surface area contributed by atoms with E-state index in [1.54, 1.807) is 24.4 Å². The highest BCUT2D eigenvalue weighted by Crippen LogP contribution is 2.32. The number of fused-ring (bicyclic) bond motifs is 1. The number of Topliss-reactive ketones (excluding diaryl/α,β-unsaturated/α-hetero) is 1. The lowest BCUT2D eigenvalue weighted by molar-refractivity contribution is -0.122. The van der Waals surface area contributed by atoms with E-state index in [1.165, 1.54) is 28.5 Å². The van der Waals surface area contributed by atoms with Gasteiger partial charge in [-0.2, -0.15) is 0 Å². The van der Waals surface area contributed by atoms with Crippen LogP contribution in [0.25, 0.3) is 10.7 Å². The summed E-state index contributed by atoms with van der Waals surface area (Å²) >= 11 is 1.35. The lowest BCUT2D eigenvalue weighted by Crippen LogP contribution is -2.32. The highest BCUT2D eigenvalue weighted by atomic mass is 32.1. The number of rotatable bonds is 5. The van der Waals surface area contributed by atoms with E-state index < -0.39 is 11.9 Å². The van der Waals surface area contributed by atoms with Crippen LogP contribution in [0.4, 0.5) is 10.1 Å². The number of thiazole rings is 1. The summed E-state index contributed by atoms with van der Waals surface area (Å²) in [4.78, 5) is 35.6. The van der Waals surface area contributed by atoms with Crippen LogP contribution in [-0.4, -0.2) is 39.4 Å². The Bertz CT molecular complexity index is 1180. The number of hydrogen-bond donors (Lipinski definition) is 1. The van der Waals surface area contributed by atoms with Gasteiger partial charge < -0.3 is 14.7 Å². The number of hydrogen-bond acceptors (Lipinski definition) is 7. The number of nitrogens with zero attached hydrogens (tertiary/aromatic N) is 3. The van der Waals surface area contributed by atoms with Gasteiger partial charge in [-0.1, -0.05) is 0 Å². The number of ether oxygens (including phenoxy) is 1. The number of halogens is 1. The van der Waals surface area contributed by atoms with Crippen molar-refractivity contribution in [2.75, 3.05) is 11.4 Å². The number of amides is 1. The third-order valence-corrected chi connectivity index (χ3v) is 6.50. The Balaban J connectivity index is 1.30. The van der Waals surface area contributed by atoms with E-state index in [0.29, 0.717) is 59.1 Å². The average Bonchev–Trinajstić information content (AvgIpc) is 3.49. The molecule has 0 bridgehead atoms. The normalized spacial score (nSPS) is 18.0. The van der Waals surface area contributed by atoms with Crippen molar-refractivity contribution < 1.29 is 23.8 Å². The third-order valence-electron chi connectivity index (χ3n) is 5.49. The van der Waals surface area contributed by atoms with E-state index >= 15 is 0 Å². The molecule has 1 atom stereocenters. The predicted octanol–water partition coefficient (Wildman–Crippen LogP) is 3.15. The Morgan fingerprint density at radius 2 is 2.06 bits per heavy atom. The first-order chi connectivity index (χ1) is 15.0. The highest BCUT2D eigenvalue weighted by Gasteiger charge is 2.36. The topological polar surface area (TPSA) is 92.6 Å². The molecular formula is C22H18FN3O4S. The molecule has 1 aromatic carbocycles. The Morgan fingerprint density at radius 1 is 1.19 bits per heavy atom. The Morgan fingerprint density at radius 3 is 2.81 bits per heavy atom. The molecule has 1 aliphatic carbocycles. The second-order valence-electron chi connectivity index (χ2n) is 7.43. The molecule has 0 spiro atoms. The molecule has 1 amide bonds. The maximum atomic E-state index is 14.4. The van der Waals surface area contributed by atoms with E-state index in [1.807, 2.05) is 0 Å². The number of anilines is 1. The fourth-order valence-electron chi connectivity index (χ4n) is 3.91. The van der Waals surface area contributed by atoms with Crippen molar-refractivity contribution in [3.05, 3.63) is 58.5 Å². The van der Waals surface area contributed by atoms with Crippen molar-refractivity contribution in [1.82, 2.24) is 9.97 Å². The molecule has 9 heteroatoms. The van der Waals surface area contributed by atoms with Gasteiger partial charge in [0.15, 0.2) is 11.9 Å². The Labute approximate surface area is 181 Å². The van der Waals surface area contributed by atoms with Crippen molar-refractivity contribution >= 4 is 28.7 Å². The van der Waals surface area contributed by atoms with E-state index in [-0.39, 0.29) is 18.3 Å². The molecule has 0 radical (unpaired) electrons. The third kappa shape index (κ3) is 3.60. The number of aliphatic hydroxyl groups excluding tert-OH is 1. The summed E-state index contributed by atoms with van der Waals surface area (Å²) in [5.41, 5.74) is 1.85. The quantitative estimate of drug-likeness (QED) is 0.657. The van der Waals surface area contributed by atoms with Gasteiger partial charge in [-0.3, -0.25) is 9.59 Å². The van der Waals surface area contributed by atoms with E-state index in [0.717, 1.165) is 4.88 Å². The number of pyridine rings is 1. The smallest absolute Gasteiger partial charge is 0.268 e. The first-order valence-electron chi connectivity index (χ1n) is 9.89. The van der Waals surface area contributed by atoms with Crippen LogP contribution in [0.3, 0.4) is 0 Å². The van der Waals surface area contributed by atoms with Gasteiger partial charge in [0.25, 0.3) is 5.91 Å². The SMILES string of the molecule is O=C1CCc2c(F)cc(N3CC[C@@H](Oc4ccc(-c5ncc(CO)s5)nc4)C3=O)cc21. The van der Waals surface area contributed by atoms with Crippen LogP contribution in [0, 0.1) is 5.82 Å². The summed E-state index contributed by atoms with van der Waals surface area (Å²) in [7, 11) is 0. The summed E-state index contributed by atoms with van der Waals surface area (Å²) in [5.74, 6) is -0.367. The molecule has 3 aromatic rings. The van der Waals surface area contributed by atoms with E-state index in [4.69, 9.17) is 9.84 Å². The summed E-state index contributed by atoms with van der Waals surface area (Å²) in [6, 6.07) is 6.39. The summed E-state index contributed by atoms with van der Waals surface area (Å²) in [6.07, 6.45) is 3.58. The maximum Gasteiger partial charge on any atom is 0.268 e. The van der Waals surface area contributed by atoms with E-state index in [9.17, 15) is 14.0 Å². The maximum absolute atomic E-state index is 14.4. The average molecular weight is 439 g/mol. The number of ketones is 1. The molecule has 7 nitrogen and oxygen atoms in total. The van der Waals surface area contributed by atoms with Crippen molar-refractivity contribution in [3.63, 3.8) is 0 Å². The van der Waals surface area contributed by atoms with Crippen molar-refractivity contribution in [2.45, 2.75) is 32.0 Å². The molecule has 2 aliphatic rings. The van der Waals surface area contributed by atoms with Crippen LogP contribution in [0.15, 0.2) is 36.7 Å². The molecule has 1 N–H and O–H groups in total. The fraction of sp³-hybridized carbons (Fsp3) is 0.273. The molecule has 0 unspecified atom stereocenters. The molecule has 31 heavy (non-hydrogen) atoms. The second kappa shape index (κ2) is 7.82. The van der Waals surface area contributed by atoms with Crippen molar-refractivity contribution in [3.8, 4) is 16.5 Å². The van der Waals surface area contributed by atoms with Crippen molar-refractivity contribution in [2.24, 2.45) is 0 Å². The van der Waals surface area contributed by atoms with Crippen LogP contribution < -0.4 is 9.64 Å². The van der Waals surface area contributed by atoms with Crippen LogP contribution in [0.5, 0.6) is 5.75 Å². The minimum Gasteiger partial charge on any atom is -0.479 e. The molecule has 158 valence electrons. The predicted molar refractivity (Wildman–Crippen MR) is 112 cm³/mol. The largest absolute Gasteiger partial charge is 0.479 e. The zero-order valence-electron chi connectivity index (χ0n) is 16.4. The lowest BCUT2D eigenvalue weighted by Gasteiger charge is -2.18. The van der Waals surface area contributed by atoms with Gasteiger partial charge in [-0.15, -0.1) is 11.3 Å². The second-order valence-corrected chi connectivity index (χ2v) is 8.55. The summed E-state index contributed by atoms with van der Waals surface area (Å²) in [5, 5.41) is 9.85. The van der Waals surface area contributed by atoms with Gasteiger partial charge in [0.05, 0.1) is 23.4 Å². The van der Waals surface area contributed by atoms with Crippen LogP contribution >= 0.6 is 11.3 Å². The molecule has 1 aliphatic heterocycles. The van der Waals surface area contributed by atoms with Gasteiger partial charge in [-0.25, -0.2) is 14.4 Å². The van der Waals surface area contributed by atoms with Crippen LogP contribution in [0.1, 0.15) is 33.6 Å². The molecule has 2 aromatic heterocycles. The van der Waals surface area contributed by atoms with Gasteiger partial charge >= 0.3 is 0 Å². The first-order valence-corrected chi connectivity index (χ1v) is 10.7. The molecule has 1 fully saturated rings. The Hall–Kier alpha value is -3.17. The zero-order valence-corrected chi connectivity index (χ0v) is 17.2. The summed E-state index contributed by atoms with van der Waals surface area (Å²) < 4.78 is 20.2. The molecule has 1 saturated heterocycles. The number of aromatic nitrogens is 2. The lowest BCUT2D eigenvalue weighted by atomic mass is 10.1. The number of carbonyl (C=O) groups is 2. The first kappa shape index (κ1) is 19.8. The van der Waals surface area contributed by atoms with Gasteiger partial charge in [0, 0.05) is 36.8 Å². The molecule has 0 saturated carbocycles. The standard InChI is InChI=1S/C22H18FN3O4S/c23-17-8-12(7-16-15(17)2-4-19(16)28)26-6-5-20(22(26)29)30-13-1-3-18(24-9-13)21-25-10-14(11-27)31-21/h1,3,7-10,20,27H,2,4-6,11H2/t20-/m1/s1. The minimum atomic E-state index is -0.708. The molecule has 5 rings (SSSR count). The van der Waals surface area contributed by atoms with Crippen LogP contribution in [0.2, 0.25) is 0 Å². The monoisotopic (exact) mass is 439 g/mol. The number of carbonyl (C=O) groups excluding carboxylic acids is 2. The van der Waals surface area contributed by atoms with Gasteiger partial charge in [0.1, 0.15) is 16.6 Å². The van der Waals surface area contributed by atoms with Crippen molar-refractivity contribution in [1.29, 1.82) is 0 Å². The highest BCUT2D eigenvalue weighted by molar-refractivity contribution is 7.14. The van der Waals surface area contributed by atoms with Gasteiger partial charge in [0.2, 0.25) is 0 Å².